The summed E-state index contributed by atoms with van der Waals surface area (Å²) in [5.74, 6) is 0.974. The predicted molar refractivity (Wildman–Crippen MR) is 156 cm³/mol. The zero-order valence-electron chi connectivity index (χ0n) is 22.1. The van der Waals surface area contributed by atoms with E-state index in [1.165, 1.54) is 6.07 Å². The minimum absolute atomic E-state index is 0.0156. The van der Waals surface area contributed by atoms with Crippen LogP contribution in [0.3, 0.4) is 0 Å². The molecule has 40 heavy (non-hydrogen) atoms. The molecule has 0 bridgehead atoms. The van der Waals surface area contributed by atoms with Gasteiger partial charge in [-0.3, -0.25) is 4.72 Å². The van der Waals surface area contributed by atoms with Crippen molar-refractivity contribution in [1.82, 2.24) is 19.9 Å². The van der Waals surface area contributed by atoms with E-state index in [0.717, 1.165) is 31.5 Å². The Labute approximate surface area is 243 Å². The van der Waals surface area contributed by atoms with E-state index < -0.39 is 10.0 Å². The van der Waals surface area contributed by atoms with Gasteiger partial charge in [-0.15, -0.1) is 0 Å². The second kappa shape index (κ2) is 12.1. The number of halogens is 2. The normalized spacial score (nSPS) is 14.8. The summed E-state index contributed by atoms with van der Waals surface area (Å²) in [6, 6.07) is 13.4. The van der Waals surface area contributed by atoms with Crippen molar-refractivity contribution < 1.29 is 17.9 Å². The second-order valence-electron chi connectivity index (χ2n) is 9.80. The number of sulfonamides is 1. The van der Waals surface area contributed by atoms with Crippen LogP contribution in [0.25, 0.3) is 11.2 Å². The summed E-state index contributed by atoms with van der Waals surface area (Å²) in [5.41, 5.74) is 1.91. The van der Waals surface area contributed by atoms with Gasteiger partial charge in [0.1, 0.15) is 17.9 Å². The van der Waals surface area contributed by atoms with Crippen molar-refractivity contribution in [3.8, 4) is 11.6 Å². The molecule has 0 aliphatic carbocycles. The number of aromatic nitrogens is 3. The van der Waals surface area contributed by atoms with Crippen molar-refractivity contribution in [2.24, 2.45) is 5.92 Å². The van der Waals surface area contributed by atoms with E-state index in [4.69, 9.17) is 32.7 Å². The zero-order valence-corrected chi connectivity index (χ0v) is 24.4. The van der Waals surface area contributed by atoms with E-state index in [2.05, 4.69) is 31.6 Å². The van der Waals surface area contributed by atoms with Crippen LogP contribution < -0.4 is 14.2 Å². The first-order valence-corrected chi connectivity index (χ1v) is 15.1. The third-order valence-electron chi connectivity index (χ3n) is 6.83. The maximum absolute atomic E-state index is 13.3. The summed E-state index contributed by atoms with van der Waals surface area (Å²) in [6.07, 6.45) is 3.74. The minimum atomic E-state index is -4.05. The lowest BCUT2D eigenvalue weighted by atomic mass is 9.98. The molecule has 0 radical (unpaired) electrons. The van der Waals surface area contributed by atoms with Crippen molar-refractivity contribution >= 4 is 50.2 Å². The van der Waals surface area contributed by atoms with Gasteiger partial charge >= 0.3 is 0 Å². The molecule has 1 saturated heterocycles. The second-order valence-corrected chi connectivity index (χ2v) is 12.3. The number of fused-ring (bicyclic) bond motifs is 1. The summed E-state index contributed by atoms with van der Waals surface area (Å²) in [5, 5.41) is 0.849. The topological polar surface area (TPSA) is 107 Å². The molecule has 1 aliphatic heterocycles. The first-order valence-electron chi connectivity index (χ1n) is 12.8. The van der Waals surface area contributed by atoms with Gasteiger partial charge in [-0.1, -0.05) is 35.3 Å². The molecular weight excluding hydrogens is 573 g/mol. The lowest BCUT2D eigenvalue weighted by Gasteiger charge is -2.28. The van der Waals surface area contributed by atoms with Crippen molar-refractivity contribution in [2.45, 2.75) is 31.3 Å². The molecule has 9 nitrogen and oxygen atoms in total. The van der Waals surface area contributed by atoms with Gasteiger partial charge in [-0.25, -0.2) is 18.4 Å². The number of rotatable bonds is 9. The SMILES string of the molecule is Cc1c(Cl)cccc1S(=O)(=O)Nc1nc2cccnc2nc1OCc1ccc(Cl)c(OCC2CCN(C)CC2)c1. The van der Waals surface area contributed by atoms with E-state index in [1.807, 2.05) is 12.1 Å². The number of ether oxygens (including phenoxy) is 2. The van der Waals surface area contributed by atoms with Gasteiger partial charge in [-0.2, -0.15) is 4.98 Å². The molecule has 12 heteroatoms. The molecule has 210 valence electrons. The van der Waals surface area contributed by atoms with E-state index in [-0.39, 0.29) is 23.2 Å². The highest BCUT2D eigenvalue weighted by atomic mass is 35.5. The smallest absolute Gasteiger partial charge is 0.263 e. The van der Waals surface area contributed by atoms with Gasteiger partial charge in [0.15, 0.2) is 5.65 Å². The Morgan fingerprint density at radius 3 is 2.62 bits per heavy atom. The fourth-order valence-electron chi connectivity index (χ4n) is 4.44. The zero-order chi connectivity index (χ0) is 28.3. The Balaban J connectivity index is 1.37. The Morgan fingerprint density at radius 1 is 1.02 bits per heavy atom. The average Bonchev–Trinajstić information content (AvgIpc) is 2.94. The quantitative estimate of drug-likeness (QED) is 0.259. The van der Waals surface area contributed by atoms with Crippen molar-refractivity contribution in [3.05, 3.63) is 75.9 Å². The van der Waals surface area contributed by atoms with Crippen LogP contribution in [0.2, 0.25) is 10.0 Å². The van der Waals surface area contributed by atoms with Crippen LogP contribution in [0.5, 0.6) is 11.6 Å². The van der Waals surface area contributed by atoms with Gasteiger partial charge in [0.05, 0.1) is 16.5 Å². The minimum Gasteiger partial charge on any atom is -0.492 e. The third-order valence-corrected chi connectivity index (χ3v) is 9.04. The van der Waals surface area contributed by atoms with Gasteiger partial charge in [0.25, 0.3) is 15.9 Å². The van der Waals surface area contributed by atoms with Crippen LogP contribution in [-0.2, 0) is 16.6 Å². The molecule has 1 fully saturated rings. The molecule has 2 aromatic carbocycles. The van der Waals surface area contributed by atoms with Crippen LogP contribution in [0.15, 0.2) is 59.6 Å². The number of anilines is 1. The highest BCUT2D eigenvalue weighted by Crippen LogP contribution is 2.31. The van der Waals surface area contributed by atoms with Gasteiger partial charge in [0.2, 0.25) is 5.82 Å². The Morgan fingerprint density at radius 2 is 1.82 bits per heavy atom. The standard InChI is InChI=1S/C28H29Cl2N5O4S/c1-18-21(29)5-3-7-25(18)40(36,37)34-27-28(33-26-23(32-27)6-4-12-31-26)39-17-20-8-9-22(30)24(15-20)38-16-19-10-13-35(2)14-11-19/h3-9,12,15,19H,10-11,13-14,16-17H2,1-2H3,(H,32,34). The predicted octanol–water partition coefficient (Wildman–Crippen LogP) is 5.74. The number of nitrogens with zero attached hydrogens (tertiary/aromatic N) is 4. The number of nitrogens with one attached hydrogen (secondary N) is 1. The summed E-state index contributed by atoms with van der Waals surface area (Å²) in [7, 11) is -1.93. The first kappa shape index (κ1) is 28.4. The number of piperidine rings is 1. The van der Waals surface area contributed by atoms with Crippen molar-refractivity contribution in [3.63, 3.8) is 0 Å². The molecule has 0 saturated carbocycles. The number of benzene rings is 2. The van der Waals surface area contributed by atoms with Crippen molar-refractivity contribution in [1.29, 1.82) is 0 Å². The van der Waals surface area contributed by atoms with Gasteiger partial charge in [-0.05, 0) is 93.3 Å². The summed E-state index contributed by atoms with van der Waals surface area (Å²) in [6.45, 7) is 4.41. The fraction of sp³-hybridized carbons (Fsp3) is 0.321. The Bertz CT molecular complexity index is 1630. The molecule has 1 aliphatic rings. The molecule has 0 atom stereocenters. The molecule has 2 aromatic heterocycles. The number of hydrogen-bond acceptors (Lipinski definition) is 8. The molecule has 0 unspecified atom stereocenters. The molecule has 4 aromatic rings. The summed E-state index contributed by atoms with van der Waals surface area (Å²) in [4.78, 5) is 15.5. The number of hydrogen-bond donors (Lipinski definition) is 1. The van der Waals surface area contributed by atoms with E-state index >= 15 is 0 Å². The monoisotopic (exact) mass is 601 g/mol. The number of pyridine rings is 1. The average molecular weight is 603 g/mol. The van der Waals surface area contributed by atoms with Crippen LogP contribution in [0.1, 0.15) is 24.0 Å². The van der Waals surface area contributed by atoms with Crippen LogP contribution >= 0.6 is 23.2 Å². The Kier molecular flexibility index (Phi) is 8.60. The summed E-state index contributed by atoms with van der Waals surface area (Å²) >= 11 is 12.6. The number of likely N-dealkylation sites (tertiary alicyclic amines) is 1. The van der Waals surface area contributed by atoms with Crippen LogP contribution in [0, 0.1) is 12.8 Å². The lowest BCUT2D eigenvalue weighted by Crippen LogP contribution is -2.32. The molecule has 0 amide bonds. The lowest BCUT2D eigenvalue weighted by molar-refractivity contribution is 0.160. The maximum atomic E-state index is 13.3. The highest BCUT2D eigenvalue weighted by molar-refractivity contribution is 7.92. The molecule has 1 N–H and O–H groups in total. The van der Waals surface area contributed by atoms with Gasteiger partial charge in [0, 0.05) is 11.2 Å². The highest BCUT2D eigenvalue weighted by Gasteiger charge is 2.23. The largest absolute Gasteiger partial charge is 0.492 e. The molecular formula is C28H29Cl2N5O4S. The fourth-order valence-corrected chi connectivity index (χ4v) is 6.11. The van der Waals surface area contributed by atoms with E-state index in [9.17, 15) is 8.42 Å². The van der Waals surface area contributed by atoms with Crippen LogP contribution in [0.4, 0.5) is 5.82 Å². The Hall–Kier alpha value is -3.18. The van der Waals surface area contributed by atoms with Gasteiger partial charge < -0.3 is 14.4 Å². The molecule has 5 rings (SSSR count). The van der Waals surface area contributed by atoms with E-state index in [1.54, 1.807) is 43.5 Å². The van der Waals surface area contributed by atoms with Crippen LogP contribution in [-0.4, -0.2) is 55.0 Å². The molecule has 3 heterocycles. The van der Waals surface area contributed by atoms with E-state index in [0.29, 0.717) is 45.0 Å². The maximum Gasteiger partial charge on any atom is 0.263 e. The third kappa shape index (κ3) is 6.58. The summed E-state index contributed by atoms with van der Waals surface area (Å²) < 4.78 is 41.2. The van der Waals surface area contributed by atoms with Crippen molar-refractivity contribution in [2.75, 3.05) is 31.5 Å². The molecule has 0 spiro atoms. The first-order chi connectivity index (χ1) is 19.2.